The number of fused-ring (bicyclic) bond motifs is 3. The molecule has 3 heteroatoms. The maximum absolute atomic E-state index is 4.67. The molecule has 2 aromatic heterocycles. The summed E-state index contributed by atoms with van der Waals surface area (Å²) < 4.78 is 2.26. The van der Waals surface area contributed by atoms with Crippen LogP contribution in [-0.2, 0) is 6.54 Å². The molecule has 0 N–H and O–H groups in total. The van der Waals surface area contributed by atoms with E-state index in [4.69, 9.17) is 0 Å². The molecule has 0 saturated carbocycles. The molecule has 2 nitrogen and oxygen atoms in total. The molecule has 3 heterocycles. The van der Waals surface area contributed by atoms with E-state index in [1.165, 1.54) is 22.0 Å². The second-order valence-corrected chi connectivity index (χ2v) is 4.53. The Labute approximate surface area is 92.9 Å². The minimum atomic E-state index is 0.823. The minimum absolute atomic E-state index is 0.823. The van der Waals surface area contributed by atoms with Gasteiger partial charge >= 0.3 is 0 Å². The van der Waals surface area contributed by atoms with Crippen LogP contribution in [0.4, 0.5) is 0 Å². The van der Waals surface area contributed by atoms with E-state index in [1.54, 1.807) is 11.3 Å². The molecule has 0 spiro atoms. The summed E-state index contributed by atoms with van der Waals surface area (Å²) in [6.45, 7) is 2.99. The maximum atomic E-state index is 4.67. The molecule has 1 aliphatic rings. The van der Waals surface area contributed by atoms with Crippen molar-refractivity contribution in [2.45, 2.75) is 19.9 Å². The molecule has 76 valence electrons. The van der Waals surface area contributed by atoms with Crippen molar-refractivity contribution in [3.63, 3.8) is 0 Å². The fourth-order valence-corrected chi connectivity index (χ4v) is 2.93. The highest BCUT2D eigenvalue weighted by Gasteiger charge is 2.15. The Balaban J connectivity index is 2.27. The zero-order valence-corrected chi connectivity index (χ0v) is 9.42. The van der Waals surface area contributed by atoms with Crippen LogP contribution in [0.3, 0.4) is 0 Å². The lowest BCUT2D eigenvalue weighted by Crippen LogP contribution is -2.04. The van der Waals surface area contributed by atoms with E-state index in [-0.39, 0.29) is 0 Å². The quantitative estimate of drug-likeness (QED) is 0.696. The van der Waals surface area contributed by atoms with Gasteiger partial charge in [0.15, 0.2) is 0 Å². The van der Waals surface area contributed by atoms with Gasteiger partial charge in [0.2, 0.25) is 0 Å². The van der Waals surface area contributed by atoms with Gasteiger partial charge in [0, 0.05) is 11.8 Å². The van der Waals surface area contributed by atoms with Crippen molar-refractivity contribution in [2.75, 3.05) is 0 Å². The molecule has 0 fully saturated rings. The van der Waals surface area contributed by atoms with Crippen LogP contribution in [0.15, 0.2) is 34.8 Å². The summed E-state index contributed by atoms with van der Waals surface area (Å²) in [4.78, 5) is 4.67. The number of nitrogens with zero attached hydrogens (tertiary/aromatic N) is 2. The smallest absolute Gasteiger partial charge is 0.105 e. The van der Waals surface area contributed by atoms with Gasteiger partial charge in [-0.25, -0.2) is 0 Å². The van der Waals surface area contributed by atoms with Crippen LogP contribution in [0, 0.1) is 0 Å². The fraction of sp³-hybridized carbons (Fsp3) is 0.250. The van der Waals surface area contributed by atoms with Crippen molar-refractivity contribution >= 4 is 17.0 Å². The number of hydrogen-bond donors (Lipinski definition) is 0. The molecule has 3 rings (SSSR count). The molecular formula is C12H12N2S. The summed E-state index contributed by atoms with van der Waals surface area (Å²) in [5.41, 5.74) is 3.79. The summed E-state index contributed by atoms with van der Waals surface area (Å²) in [5.74, 6) is 0. The van der Waals surface area contributed by atoms with E-state index in [0.717, 1.165) is 13.0 Å². The molecular weight excluding hydrogens is 204 g/mol. The molecule has 0 aromatic carbocycles. The van der Waals surface area contributed by atoms with Gasteiger partial charge < -0.3 is 4.57 Å². The van der Waals surface area contributed by atoms with Gasteiger partial charge in [-0.15, -0.1) is 11.3 Å². The Bertz CT molecular complexity index is 519. The van der Waals surface area contributed by atoms with Crippen LogP contribution >= 0.6 is 11.3 Å². The first-order chi connectivity index (χ1) is 7.40. The Morgan fingerprint density at radius 3 is 3.27 bits per heavy atom. The third-order valence-electron chi connectivity index (χ3n) is 2.76. The molecule has 0 radical (unpaired) electrons. The monoisotopic (exact) mass is 216 g/mol. The van der Waals surface area contributed by atoms with Gasteiger partial charge in [0.05, 0.1) is 18.0 Å². The largest absolute Gasteiger partial charge is 0.307 e. The fourth-order valence-electron chi connectivity index (χ4n) is 2.01. The van der Waals surface area contributed by atoms with Crippen LogP contribution in [0.25, 0.3) is 5.00 Å². The minimum Gasteiger partial charge on any atom is -0.307 e. The van der Waals surface area contributed by atoms with Gasteiger partial charge in [-0.1, -0.05) is 6.92 Å². The van der Waals surface area contributed by atoms with E-state index in [1.807, 2.05) is 0 Å². The van der Waals surface area contributed by atoms with E-state index >= 15 is 0 Å². The van der Waals surface area contributed by atoms with Crippen LogP contribution in [0.2, 0.25) is 0 Å². The van der Waals surface area contributed by atoms with Gasteiger partial charge in [0.1, 0.15) is 5.00 Å². The molecule has 0 aliphatic carbocycles. The standard InChI is InChI=1S/C12H12N2S/c1-2-10-11-4-3-6-14(11)12-9(8-13-10)5-7-15-12/h3-7H,2,8H2,1H3. The lowest BCUT2D eigenvalue weighted by molar-refractivity contribution is 1.05. The van der Waals surface area contributed by atoms with Crippen molar-refractivity contribution in [1.82, 2.24) is 4.57 Å². The maximum Gasteiger partial charge on any atom is 0.105 e. The first-order valence-electron chi connectivity index (χ1n) is 5.18. The van der Waals surface area contributed by atoms with Crippen molar-refractivity contribution in [2.24, 2.45) is 4.99 Å². The summed E-state index contributed by atoms with van der Waals surface area (Å²) in [6, 6.07) is 6.42. The van der Waals surface area contributed by atoms with Crippen molar-refractivity contribution in [1.29, 1.82) is 0 Å². The first kappa shape index (κ1) is 8.92. The lowest BCUT2D eigenvalue weighted by Gasteiger charge is -2.05. The summed E-state index contributed by atoms with van der Waals surface area (Å²) in [7, 11) is 0. The van der Waals surface area contributed by atoms with Crippen LogP contribution in [-0.4, -0.2) is 10.3 Å². The zero-order valence-electron chi connectivity index (χ0n) is 8.60. The Morgan fingerprint density at radius 1 is 1.47 bits per heavy atom. The number of aliphatic imine (C=N–C) groups is 1. The van der Waals surface area contributed by atoms with Gasteiger partial charge in [-0.2, -0.15) is 0 Å². The van der Waals surface area contributed by atoms with Crippen LogP contribution < -0.4 is 0 Å². The highest BCUT2D eigenvalue weighted by molar-refractivity contribution is 7.12. The average Bonchev–Trinajstić information content (AvgIpc) is 2.85. The molecule has 0 bridgehead atoms. The third-order valence-corrected chi connectivity index (χ3v) is 3.72. The second kappa shape index (κ2) is 3.35. The van der Waals surface area contributed by atoms with Gasteiger partial charge in [0.25, 0.3) is 0 Å². The molecule has 0 saturated heterocycles. The van der Waals surface area contributed by atoms with E-state index in [2.05, 4.69) is 46.3 Å². The van der Waals surface area contributed by atoms with Gasteiger partial charge in [-0.05, 0) is 30.0 Å². The normalized spacial score (nSPS) is 14.1. The molecule has 0 atom stereocenters. The van der Waals surface area contributed by atoms with Crippen molar-refractivity contribution in [3.8, 4) is 5.00 Å². The summed E-state index contributed by atoms with van der Waals surface area (Å²) in [5, 5.41) is 3.46. The Hall–Kier alpha value is -1.35. The number of rotatable bonds is 1. The number of thiophene rings is 1. The Kier molecular flexibility index (Phi) is 1.99. The molecule has 0 unspecified atom stereocenters. The predicted octanol–water partition coefficient (Wildman–Crippen LogP) is 3.25. The van der Waals surface area contributed by atoms with E-state index in [9.17, 15) is 0 Å². The molecule has 2 aromatic rings. The van der Waals surface area contributed by atoms with Crippen LogP contribution in [0.5, 0.6) is 0 Å². The molecule has 1 aliphatic heterocycles. The highest BCUT2D eigenvalue weighted by atomic mass is 32.1. The van der Waals surface area contributed by atoms with E-state index < -0.39 is 0 Å². The van der Waals surface area contributed by atoms with E-state index in [0.29, 0.717) is 0 Å². The highest BCUT2D eigenvalue weighted by Crippen LogP contribution is 2.27. The van der Waals surface area contributed by atoms with Crippen molar-refractivity contribution < 1.29 is 0 Å². The Morgan fingerprint density at radius 2 is 2.40 bits per heavy atom. The topological polar surface area (TPSA) is 17.3 Å². The van der Waals surface area contributed by atoms with Crippen LogP contribution in [0.1, 0.15) is 24.6 Å². The zero-order chi connectivity index (χ0) is 10.3. The van der Waals surface area contributed by atoms with Gasteiger partial charge in [-0.3, -0.25) is 4.99 Å². The lowest BCUT2D eigenvalue weighted by atomic mass is 10.2. The third kappa shape index (κ3) is 1.27. The molecule has 0 amide bonds. The predicted molar refractivity (Wildman–Crippen MR) is 64.2 cm³/mol. The number of aromatic nitrogens is 1. The average molecular weight is 216 g/mol. The number of hydrogen-bond acceptors (Lipinski definition) is 2. The SMILES string of the molecule is CCC1=NCc2ccsc2-n2cccc21. The first-order valence-corrected chi connectivity index (χ1v) is 6.06. The summed E-state index contributed by atoms with van der Waals surface area (Å²) in [6.07, 6.45) is 3.13. The second-order valence-electron chi connectivity index (χ2n) is 3.63. The summed E-state index contributed by atoms with van der Waals surface area (Å²) >= 11 is 1.79. The van der Waals surface area contributed by atoms with Crippen molar-refractivity contribution in [3.05, 3.63) is 41.0 Å². The molecule has 15 heavy (non-hydrogen) atoms.